The lowest BCUT2D eigenvalue weighted by atomic mass is 10.1. The van der Waals surface area contributed by atoms with Crippen molar-refractivity contribution in [3.8, 4) is 0 Å². The van der Waals surface area contributed by atoms with Crippen molar-refractivity contribution in [2.24, 2.45) is 0 Å². The van der Waals surface area contributed by atoms with Crippen molar-refractivity contribution in [2.45, 2.75) is 6.42 Å². The molecule has 90 valence electrons. The number of likely N-dealkylation sites (N-methyl/N-ethyl adjacent to an activating group) is 1. The molecule has 1 amide bonds. The number of carbonyl (C=O) groups excluding carboxylic acids is 1. The normalized spacial score (nSPS) is 10.7. The van der Waals surface area contributed by atoms with E-state index in [9.17, 15) is 4.79 Å². The number of furan rings is 1. The van der Waals surface area contributed by atoms with E-state index >= 15 is 0 Å². The lowest BCUT2D eigenvalue weighted by molar-refractivity contribution is -0.129. The van der Waals surface area contributed by atoms with Gasteiger partial charge in [-0.25, -0.2) is 0 Å². The molecule has 0 radical (unpaired) electrons. The molecule has 0 unspecified atom stereocenters. The minimum absolute atomic E-state index is 0.0195. The highest BCUT2D eigenvalue weighted by molar-refractivity contribution is 5.87. The highest BCUT2D eigenvalue weighted by Gasteiger charge is 2.12. The first-order chi connectivity index (χ1) is 8.22. The number of aliphatic hydroxyl groups excluding tert-OH is 1. The third-order valence-electron chi connectivity index (χ3n) is 2.76. The fraction of sp³-hybridized carbons (Fsp3) is 0.308. The molecule has 4 nitrogen and oxygen atoms in total. The predicted molar refractivity (Wildman–Crippen MR) is 64.6 cm³/mol. The first-order valence-electron chi connectivity index (χ1n) is 5.52. The molecule has 1 aromatic carbocycles. The van der Waals surface area contributed by atoms with E-state index in [2.05, 4.69) is 0 Å². The van der Waals surface area contributed by atoms with E-state index in [1.807, 2.05) is 24.3 Å². The predicted octanol–water partition coefficient (Wildman–Crippen LogP) is 1.43. The van der Waals surface area contributed by atoms with Gasteiger partial charge in [-0.15, -0.1) is 0 Å². The summed E-state index contributed by atoms with van der Waals surface area (Å²) in [6.07, 6.45) is 1.92. The maximum Gasteiger partial charge on any atom is 0.226 e. The summed E-state index contributed by atoms with van der Waals surface area (Å²) in [5.74, 6) is -0.0226. The average Bonchev–Trinajstić information content (AvgIpc) is 2.73. The molecule has 0 spiro atoms. The molecule has 0 saturated heterocycles. The summed E-state index contributed by atoms with van der Waals surface area (Å²) in [7, 11) is 1.68. The Hall–Kier alpha value is -1.81. The number of amides is 1. The van der Waals surface area contributed by atoms with Crippen molar-refractivity contribution in [3.05, 3.63) is 36.1 Å². The van der Waals surface area contributed by atoms with Gasteiger partial charge in [-0.05, 0) is 6.07 Å². The molecule has 0 aliphatic carbocycles. The van der Waals surface area contributed by atoms with Crippen LogP contribution in [0.3, 0.4) is 0 Å². The molecule has 0 atom stereocenters. The minimum atomic E-state index is -0.0226. The second kappa shape index (κ2) is 5.01. The second-order valence-electron chi connectivity index (χ2n) is 3.97. The number of nitrogens with zero attached hydrogens (tertiary/aromatic N) is 1. The van der Waals surface area contributed by atoms with Gasteiger partial charge in [0.1, 0.15) is 5.58 Å². The molecule has 17 heavy (non-hydrogen) atoms. The summed E-state index contributed by atoms with van der Waals surface area (Å²) in [5.41, 5.74) is 1.68. The van der Waals surface area contributed by atoms with Gasteiger partial charge in [0.2, 0.25) is 5.91 Å². The van der Waals surface area contributed by atoms with Crippen molar-refractivity contribution in [1.29, 1.82) is 0 Å². The van der Waals surface area contributed by atoms with Crippen LogP contribution in [-0.2, 0) is 11.2 Å². The molecule has 0 aliphatic heterocycles. The topological polar surface area (TPSA) is 53.7 Å². The quantitative estimate of drug-likeness (QED) is 0.869. The Bertz CT molecular complexity index is 518. The van der Waals surface area contributed by atoms with E-state index in [1.54, 1.807) is 13.3 Å². The smallest absolute Gasteiger partial charge is 0.226 e. The molecule has 1 aromatic heterocycles. The largest absolute Gasteiger partial charge is 0.464 e. The van der Waals surface area contributed by atoms with Gasteiger partial charge in [0, 0.05) is 24.5 Å². The number of aliphatic hydroxyl groups is 1. The van der Waals surface area contributed by atoms with Crippen molar-refractivity contribution < 1.29 is 14.3 Å². The third-order valence-corrected chi connectivity index (χ3v) is 2.76. The van der Waals surface area contributed by atoms with Crippen molar-refractivity contribution >= 4 is 16.9 Å². The number of rotatable bonds is 4. The molecule has 0 fully saturated rings. The summed E-state index contributed by atoms with van der Waals surface area (Å²) in [5, 5.41) is 9.74. The summed E-state index contributed by atoms with van der Waals surface area (Å²) < 4.78 is 5.37. The van der Waals surface area contributed by atoms with Crippen LogP contribution in [0.2, 0.25) is 0 Å². The van der Waals surface area contributed by atoms with Gasteiger partial charge in [0.25, 0.3) is 0 Å². The molecule has 2 aromatic rings. The second-order valence-corrected chi connectivity index (χ2v) is 3.97. The van der Waals surface area contributed by atoms with Gasteiger partial charge < -0.3 is 14.4 Å². The zero-order chi connectivity index (χ0) is 12.3. The average molecular weight is 233 g/mol. The Morgan fingerprint density at radius 1 is 1.41 bits per heavy atom. The molecular weight excluding hydrogens is 218 g/mol. The van der Waals surface area contributed by atoms with Crippen LogP contribution in [0.25, 0.3) is 11.0 Å². The van der Waals surface area contributed by atoms with E-state index in [-0.39, 0.29) is 12.5 Å². The van der Waals surface area contributed by atoms with Gasteiger partial charge in [0.05, 0.1) is 19.3 Å². The summed E-state index contributed by atoms with van der Waals surface area (Å²) in [6, 6.07) is 7.63. The Kier molecular flexibility index (Phi) is 3.44. The Balaban J connectivity index is 2.16. The molecule has 1 N–H and O–H groups in total. The molecule has 0 bridgehead atoms. The Labute approximate surface area is 99.4 Å². The van der Waals surface area contributed by atoms with E-state index in [0.29, 0.717) is 13.0 Å². The van der Waals surface area contributed by atoms with Crippen molar-refractivity contribution in [1.82, 2.24) is 4.90 Å². The van der Waals surface area contributed by atoms with Crippen LogP contribution >= 0.6 is 0 Å². The van der Waals surface area contributed by atoms with Crippen LogP contribution < -0.4 is 0 Å². The molecular formula is C13H15NO3. The van der Waals surface area contributed by atoms with E-state index in [4.69, 9.17) is 9.52 Å². The van der Waals surface area contributed by atoms with Crippen molar-refractivity contribution in [3.63, 3.8) is 0 Å². The maximum absolute atomic E-state index is 11.8. The first-order valence-corrected chi connectivity index (χ1v) is 5.52. The summed E-state index contributed by atoms with van der Waals surface area (Å²) in [6.45, 7) is 0.336. The minimum Gasteiger partial charge on any atom is -0.464 e. The number of benzene rings is 1. The standard InChI is InChI=1S/C13H15NO3/c1-14(6-7-15)13(16)8-10-9-17-12-5-3-2-4-11(10)12/h2-5,9,15H,6-8H2,1H3. The van der Waals surface area contributed by atoms with Crippen molar-refractivity contribution in [2.75, 3.05) is 20.2 Å². The van der Waals surface area contributed by atoms with Gasteiger partial charge in [-0.3, -0.25) is 4.79 Å². The number of hydrogen-bond donors (Lipinski definition) is 1. The zero-order valence-electron chi connectivity index (χ0n) is 9.72. The molecule has 4 heteroatoms. The van der Waals surface area contributed by atoms with E-state index in [0.717, 1.165) is 16.5 Å². The molecule has 1 heterocycles. The SMILES string of the molecule is CN(CCO)C(=O)Cc1coc2ccccc12. The molecule has 2 rings (SSSR count). The van der Waals surface area contributed by atoms with Gasteiger partial charge in [-0.1, -0.05) is 18.2 Å². The lowest BCUT2D eigenvalue weighted by Crippen LogP contribution is -2.30. The van der Waals surface area contributed by atoms with E-state index < -0.39 is 0 Å². The number of carbonyl (C=O) groups is 1. The number of fused-ring (bicyclic) bond motifs is 1. The van der Waals surface area contributed by atoms with Crippen LogP contribution in [0.15, 0.2) is 34.9 Å². The Morgan fingerprint density at radius 2 is 2.18 bits per heavy atom. The number of hydrogen-bond acceptors (Lipinski definition) is 3. The third kappa shape index (κ3) is 2.47. The summed E-state index contributed by atoms with van der Waals surface area (Å²) in [4.78, 5) is 13.3. The molecule has 0 saturated carbocycles. The van der Waals surface area contributed by atoms with E-state index in [1.165, 1.54) is 4.90 Å². The monoisotopic (exact) mass is 233 g/mol. The van der Waals surface area contributed by atoms with Crippen LogP contribution in [0, 0.1) is 0 Å². The highest BCUT2D eigenvalue weighted by Crippen LogP contribution is 2.21. The van der Waals surface area contributed by atoms with Crippen LogP contribution in [0.5, 0.6) is 0 Å². The maximum atomic E-state index is 11.8. The fourth-order valence-corrected chi connectivity index (χ4v) is 1.74. The lowest BCUT2D eigenvalue weighted by Gasteiger charge is -2.14. The van der Waals surface area contributed by atoms with Gasteiger partial charge in [-0.2, -0.15) is 0 Å². The Morgan fingerprint density at radius 3 is 2.94 bits per heavy atom. The first kappa shape index (κ1) is 11.7. The van der Waals surface area contributed by atoms with Crippen LogP contribution in [-0.4, -0.2) is 36.1 Å². The fourth-order valence-electron chi connectivity index (χ4n) is 1.74. The van der Waals surface area contributed by atoms with Crippen LogP contribution in [0.4, 0.5) is 0 Å². The highest BCUT2D eigenvalue weighted by atomic mass is 16.3. The summed E-state index contributed by atoms with van der Waals surface area (Å²) >= 11 is 0. The zero-order valence-corrected chi connectivity index (χ0v) is 9.72. The number of para-hydroxylation sites is 1. The molecule has 0 aliphatic rings. The van der Waals surface area contributed by atoms with Gasteiger partial charge in [0.15, 0.2) is 0 Å². The van der Waals surface area contributed by atoms with Crippen LogP contribution in [0.1, 0.15) is 5.56 Å². The van der Waals surface area contributed by atoms with Gasteiger partial charge >= 0.3 is 0 Å².